The number of nitrogens with two attached hydrogens (primary N) is 1. The van der Waals surface area contributed by atoms with Crippen molar-refractivity contribution in [1.82, 2.24) is 4.98 Å². The Morgan fingerprint density at radius 1 is 0.408 bits per heavy atom. The first-order valence-electron chi connectivity index (χ1n) is 15.4. The van der Waals surface area contributed by atoms with Gasteiger partial charge in [0.1, 0.15) is 34.2 Å². The minimum absolute atomic E-state index is 0.139. The van der Waals surface area contributed by atoms with E-state index in [0.29, 0.717) is 39.7 Å². The maximum absolute atomic E-state index is 6.97. The monoisotopic (exact) mass is 707 g/mol. The molecule has 0 saturated heterocycles. The normalized spacial score (nSPS) is 17.2. The van der Waals surface area contributed by atoms with Gasteiger partial charge in [0.05, 0.1) is 0 Å². The molecule has 0 aliphatic carbocycles. The zero-order valence-electron chi connectivity index (χ0n) is 26.1. The van der Waals surface area contributed by atoms with E-state index in [1.807, 2.05) is 164 Å². The molecule has 1 aliphatic rings. The maximum atomic E-state index is 6.97. The summed E-state index contributed by atoms with van der Waals surface area (Å²) in [6, 6.07) is 50.0. The fourth-order valence-corrected chi connectivity index (χ4v) is 14.9. The maximum Gasteiger partial charge on any atom is 0.458 e. The molecule has 1 aliphatic heterocycles. The van der Waals surface area contributed by atoms with Crippen LogP contribution in [0, 0.1) is 0 Å². The second-order valence-electron chi connectivity index (χ2n) is 10.5. The molecular formula is C36H32N5O5P3. The van der Waals surface area contributed by atoms with Gasteiger partial charge in [-0.25, -0.2) is 4.98 Å². The first-order chi connectivity index (χ1) is 24.1. The lowest BCUT2D eigenvalue weighted by Gasteiger charge is -2.34. The van der Waals surface area contributed by atoms with Crippen molar-refractivity contribution in [3.8, 4) is 28.7 Å². The van der Waals surface area contributed by atoms with Crippen LogP contribution in [-0.2, 0) is 6.54 Å². The van der Waals surface area contributed by atoms with Gasteiger partial charge in [0.15, 0.2) is 0 Å². The zero-order chi connectivity index (χ0) is 33.4. The largest absolute Gasteiger partial charge is 0.458 e. The highest BCUT2D eigenvalue weighted by molar-refractivity contribution is 7.83. The lowest BCUT2D eigenvalue weighted by atomic mass is 10.3. The second-order valence-corrected chi connectivity index (χ2v) is 17.0. The van der Waals surface area contributed by atoms with Gasteiger partial charge in [-0.2, -0.15) is 0 Å². The van der Waals surface area contributed by atoms with Crippen molar-refractivity contribution < 1.29 is 22.6 Å². The molecule has 0 amide bonds. The van der Waals surface area contributed by atoms with Crippen molar-refractivity contribution in [3.05, 3.63) is 176 Å². The van der Waals surface area contributed by atoms with Crippen LogP contribution in [0.25, 0.3) is 0 Å². The molecule has 0 bridgehead atoms. The molecule has 1 atom stereocenters. The van der Waals surface area contributed by atoms with Gasteiger partial charge >= 0.3 is 22.8 Å². The number of aromatic nitrogens is 1. The predicted molar refractivity (Wildman–Crippen MR) is 195 cm³/mol. The first-order valence-corrected chi connectivity index (χ1v) is 20.0. The SMILES string of the molecule is NCc1cccnc1P1(Oc2ccccc2)=NP(Oc2ccccc2)(Oc2ccccc2)=NP(Oc2ccccc2)(Oc2ccccc2)=N1. The van der Waals surface area contributed by atoms with Crippen molar-refractivity contribution in [2.75, 3.05) is 0 Å². The van der Waals surface area contributed by atoms with Gasteiger partial charge in [0.2, 0.25) is 0 Å². The van der Waals surface area contributed by atoms with E-state index in [-0.39, 0.29) is 6.54 Å². The first kappa shape index (κ1) is 32.4. The van der Waals surface area contributed by atoms with E-state index in [2.05, 4.69) is 0 Å². The van der Waals surface area contributed by atoms with Crippen molar-refractivity contribution in [1.29, 1.82) is 0 Å². The third-order valence-electron chi connectivity index (χ3n) is 6.90. The second kappa shape index (κ2) is 14.6. The highest BCUT2D eigenvalue weighted by Gasteiger charge is 2.48. The third-order valence-corrected chi connectivity index (χ3v) is 15.7. The molecule has 0 radical (unpaired) electrons. The molecule has 2 heterocycles. The summed E-state index contributed by atoms with van der Waals surface area (Å²) in [4.78, 5) is 4.83. The summed E-state index contributed by atoms with van der Waals surface area (Å²) < 4.78 is 50.2. The molecular weight excluding hydrogens is 675 g/mol. The molecule has 7 rings (SSSR count). The molecule has 1 unspecified atom stereocenters. The smallest absolute Gasteiger partial charge is 0.437 e. The van der Waals surface area contributed by atoms with Gasteiger partial charge in [-0.1, -0.05) is 102 Å². The number of rotatable bonds is 12. The van der Waals surface area contributed by atoms with Gasteiger partial charge in [-0.3, -0.25) is 0 Å². The quantitative estimate of drug-likeness (QED) is 0.126. The van der Waals surface area contributed by atoms with E-state index in [9.17, 15) is 0 Å². The fourth-order valence-electron chi connectivity index (χ4n) is 4.81. The highest BCUT2D eigenvalue weighted by atomic mass is 31.3. The summed E-state index contributed by atoms with van der Waals surface area (Å²) in [5.74, 6) is 2.37. The molecule has 13 heteroatoms. The van der Waals surface area contributed by atoms with Crippen LogP contribution >= 0.6 is 22.8 Å². The van der Waals surface area contributed by atoms with Gasteiger partial charge in [-0.15, -0.1) is 9.03 Å². The van der Waals surface area contributed by atoms with E-state index in [0.717, 1.165) is 0 Å². The van der Waals surface area contributed by atoms with Crippen LogP contribution in [0.5, 0.6) is 28.7 Å². The van der Waals surface area contributed by atoms with Crippen molar-refractivity contribution in [2.45, 2.75) is 6.54 Å². The number of hydrogen-bond donors (Lipinski definition) is 1. The lowest BCUT2D eigenvalue weighted by molar-refractivity contribution is 0.458. The van der Waals surface area contributed by atoms with Crippen molar-refractivity contribution in [2.24, 2.45) is 19.3 Å². The topological polar surface area (TPSA) is 122 Å². The van der Waals surface area contributed by atoms with E-state index in [1.165, 1.54) is 0 Å². The molecule has 2 N–H and O–H groups in total. The standard InChI is InChI=1S/C36H32N5O5P3/c37-29-30-17-16-28-38-36(30)47(42-31-18-6-1-7-19-31)39-48(43-32-20-8-2-9-21-32,44-33-22-10-3-11-23-33)41-49(40-47,45-34-24-12-4-13-25-34)46-35-26-14-5-15-27-35/h1-28H,29,37H2. The Morgan fingerprint density at radius 3 is 1.16 bits per heavy atom. The molecule has 0 fully saturated rings. The van der Waals surface area contributed by atoms with Crippen LogP contribution in [-0.4, -0.2) is 4.98 Å². The van der Waals surface area contributed by atoms with Crippen LogP contribution < -0.4 is 33.8 Å². The summed E-state index contributed by atoms with van der Waals surface area (Å²) in [5, 5.41) is 0. The summed E-state index contributed by atoms with van der Waals surface area (Å²) in [5.41, 5.74) is 7.45. The van der Waals surface area contributed by atoms with Crippen molar-refractivity contribution in [3.63, 3.8) is 0 Å². The highest BCUT2D eigenvalue weighted by Crippen LogP contribution is 2.78. The van der Waals surface area contributed by atoms with Gasteiger partial charge in [0, 0.05) is 12.7 Å². The molecule has 1 aromatic heterocycles. The van der Waals surface area contributed by atoms with E-state index < -0.39 is 22.8 Å². The van der Waals surface area contributed by atoms with Crippen LogP contribution in [0.15, 0.2) is 184 Å². The van der Waals surface area contributed by atoms with Crippen LogP contribution in [0.1, 0.15) is 5.56 Å². The third kappa shape index (κ3) is 7.64. The van der Waals surface area contributed by atoms with E-state index in [4.69, 9.17) is 46.9 Å². The lowest BCUT2D eigenvalue weighted by Crippen LogP contribution is -2.22. The fraction of sp³-hybridized carbons (Fsp3) is 0.0278. The number of pyridine rings is 1. The molecule has 0 spiro atoms. The Hall–Kier alpha value is -5.10. The average molecular weight is 708 g/mol. The molecule has 10 nitrogen and oxygen atoms in total. The summed E-state index contributed by atoms with van der Waals surface area (Å²) in [7, 11) is -11.5. The van der Waals surface area contributed by atoms with Gasteiger partial charge in [-0.05, 0) is 72.3 Å². The Bertz CT molecular complexity index is 2000. The summed E-state index contributed by atoms with van der Waals surface area (Å²) in [6.45, 7) is 0.139. The zero-order valence-corrected chi connectivity index (χ0v) is 28.8. The molecule has 6 aromatic rings. The van der Waals surface area contributed by atoms with E-state index >= 15 is 0 Å². The minimum Gasteiger partial charge on any atom is -0.437 e. The Balaban J connectivity index is 1.61. The number of benzene rings is 5. The molecule has 49 heavy (non-hydrogen) atoms. The summed E-state index contributed by atoms with van der Waals surface area (Å²) in [6.07, 6.45) is 1.66. The number of hydrogen-bond acceptors (Lipinski definition) is 10. The minimum atomic E-state index is -3.88. The van der Waals surface area contributed by atoms with Gasteiger partial charge < -0.3 is 28.4 Å². The van der Waals surface area contributed by atoms with Crippen LogP contribution in [0.4, 0.5) is 0 Å². The Kier molecular flexibility index (Phi) is 9.65. The number of para-hydroxylation sites is 5. The van der Waals surface area contributed by atoms with Gasteiger partial charge in [0.25, 0.3) is 0 Å². The Morgan fingerprint density at radius 2 is 0.776 bits per heavy atom. The van der Waals surface area contributed by atoms with Crippen molar-refractivity contribution >= 4 is 28.2 Å². The van der Waals surface area contributed by atoms with Crippen LogP contribution in [0.3, 0.4) is 0 Å². The Labute approximate surface area is 285 Å². The summed E-state index contributed by atoms with van der Waals surface area (Å²) >= 11 is 0. The average Bonchev–Trinajstić information content (AvgIpc) is 3.13. The molecule has 0 saturated carbocycles. The van der Waals surface area contributed by atoms with E-state index in [1.54, 1.807) is 6.20 Å². The molecule has 246 valence electrons. The molecule has 5 aromatic carbocycles. The number of nitrogens with zero attached hydrogens (tertiary/aromatic N) is 4. The van der Waals surface area contributed by atoms with Crippen LogP contribution in [0.2, 0.25) is 0 Å². The predicted octanol–water partition coefficient (Wildman–Crippen LogP) is 10.5.